The smallest absolute Gasteiger partial charge is 0.372 e. The van der Waals surface area contributed by atoms with E-state index in [-0.39, 0.29) is 25.1 Å². The molecule has 3 unspecified atom stereocenters. The van der Waals surface area contributed by atoms with Crippen LogP contribution in [0.5, 0.6) is 5.75 Å². The van der Waals surface area contributed by atoms with Crippen LogP contribution in [0.3, 0.4) is 0 Å². The molecule has 0 radical (unpaired) electrons. The van der Waals surface area contributed by atoms with Crippen molar-refractivity contribution in [3.8, 4) is 5.75 Å². The summed E-state index contributed by atoms with van der Waals surface area (Å²) in [5, 5.41) is 13.0. The summed E-state index contributed by atoms with van der Waals surface area (Å²) in [4.78, 5) is 17.5. The summed E-state index contributed by atoms with van der Waals surface area (Å²) in [6.45, 7) is 0.110. The van der Waals surface area contributed by atoms with E-state index in [9.17, 15) is 13.4 Å². The molecule has 0 bridgehead atoms. The number of ether oxygens (including phenoxy) is 1. The average molecular weight is 462 g/mol. The topological polar surface area (TPSA) is 101 Å². The van der Waals surface area contributed by atoms with E-state index in [2.05, 4.69) is 9.52 Å². The number of piperidine rings is 1. The van der Waals surface area contributed by atoms with Crippen LogP contribution < -0.4 is 4.74 Å². The Morgan fingerprint density at radius 3 is 2.88 bits per heavy atom. The lowest BCUT2D eigenvalue weighted by Gasteiger charge is -2.30. The number of hydrogen-bond donors (Lipinski definition) is 1. The van der Waals surface area contributed by atoms with Gasteiger partial charge in [0.25, 0.3) is 0 Å². The molecular weight excluding hydrogens is 437 g/mol. The van der Waals surface area contributed by atoms with Gasteiger partial charge in [0.05, 0.1) is 17.6 Å². The first kappa shape index (κ1) is 22.4. The molecule has 2 aliphatic heterocycles. The van der Waals surface area contributed by atoms with E-state index in [1.807, 2.05) is 0 Å². The number of aliphatic hydroxyl groups excluding tert-OH is 1. The SMILES string of the molecule is O=C(COc1ccc(CO)cc1)O/N=C1\N=S(=O)(C2=CC=CC(F)C=C2)N2CCCCC12. The highest BCUT2D eigenvalue weighted by atomic mass is 32.2. The number of aliphatic hydroxyl groups is 1. The molecule has 1 saturated heterocycles. The molecule has 10 heteroatoms. The monoisotopic (exact) mass is 461 g/mol. The number of nitrogens with zero attached hydrogens (tertiary/aromatic N) is 3. The number of allylic oxidation sites excluding steroid dienone is 5. The van der Waals surface area contributed by atoms with Crippen LogP contribution in [0, 0.1) is 0 Å². The lowest BCUT2D eigenvalue weighted by atomic mass is 10.0. The number of alkyl halides is 1. The van der Waals surface area contributed by atoms with Crippen molar-refractivity contribution < 1.29 is 28.1 Å². The van der Waals surface area contributed by atoms with Gasteiger partial charge >= 0.3 is 5.97 Å². The third-order valence-electron chi connectivity index (χ3n) is 5.30. The molecule has 170 valence electrons. The van der Waals surface area contributed by atoms with Gasteiger partial charge in [-0.3, -0.25) is 0 Å². The first-order valence-electron chi connectivity index (χ1n) is 10.3. The van der Waals surface area contributed by atoms with Gasteiger partial charge in [0.15, 0.2) is 12.4 Å². The summed E-state index contributed by atoms with van der Waals surface area (Å²) in [5.74, 6) is -0.0868. The zero-order valence-corrected chi connectivity index (χ0v) is 18.1. The van der Waals surface area contributed by atoms with Gasteiger partial charge in [0, 0.05) is 6.54 Å². The Kier molecular flexibility index (Phi) is 6.83. The zero-order valence-electron chi connectivity index (χ0n) is 17.3. The maximum atomic E-state index is 13.8. The Hall–Kier alpha value is -2.82. The fourth-order valence-electron chi connectivity index (χ4n) is 3.66. The fourth-order valence-corrected chi connectivity index (χ4v) is 5.99. The van der Waals surface area contributed by atoms with Gasteiger partial charge < -0.3 is 14.7 Å². The summed E-state index contributed by atoms with van der Waals surface area (Å²) in [7, 11) is -3.02. The Bertz CT molecular complexity index is 1100. The molecule has 2 heterocycles. The number of fused-ring (bicyclic) bond motifs is 1. The molecule has 3 atom stereocenters. The van der Waals surface area contributed by atoms with E-state index >= 15 is 0 Å². The summed E-state index contributed by atoms with van der Waals surface area (Å²) in [5.41, 5.74) is 0.728. The summed E-state index contributed by atoms with van der Waals surface area (Å²) < 4.78 is 38.9. The molecule has 4 rings (SSSR count). The first-order valence-corrected chi connectivity index (χ1v) is 11.8. The molecule has 32 heavy (non-hydrogen) atoms. The lowest BCUT2D eigenvalue weighted by Crippen LogP contribution is -2.42. The van der Waals surface area contributed by atoms with Crippen molar-refractivity contribution in [3.63, 3.8) is 0 Å². The minimum atomic E-state index is -3.02. The van der Waals surface area contributed by atoms with Crippen LogP contribution in [0.1, 0.15) is 24.8 Å². The quantitative estimate of drug-likeness (QED) is 0.519. The molecule has 0 amide bonds. The normalized spacial score (nSPS) is 28.6. The van der Waals surface area contributed by atoms with E-state index in [1.54, 1.807) is 34.6 Å². The molecule has 8 nitrogen and oxygen atoms in total. The third kappa shape index (κ3) is 4.82. The fraction of sp³-hybridized carbons (Fsp3) is 0.364. The highest BCUT2D eigenvalue weighted by molar-refractivity contribution is 7.96. The van der Waals surface area contributed by atoms with Gasteiger partial charge in [-0.05, 0) is 54.8 Å². The van der Waals surface area contributed by atoms with Gasteiger partial charge in [0.1, 0.15) is 21.8 Å². The maximum Gasteiger partial charge on any atom is 0.372 e. The van der Waals surface area contributed by atoms with Crippen LogP contribution in [0.2, 0.25) is 0 Å². The second-order valence-electron chi connectivity index (χ2n) is 7.50. The first-order chi connectivity index (χ1) is 15.5. The number of oxime groups is 1. The highest BCUT2D eigenvalue weighted by Crippen LogP contribution is 2.34. The average Bonchev–Trinajstić information content (AvgIpc) is 2.94. The van der Waals surface area contributed by atoms with Crippen molar-refractivity contribution in [3.05, 3.63) is 65.1 Å². The van der Waals surface area contributed by atoms with Crippen molar-refractivity contribution in [2.75, 3.05) is 13.2 Å². The molecule has 1 fully saturated rings. The van der Waals surface area contributed by atoms with Gasteiger partial charge in [-0.15, -0.1) is 0 Å². The Morgan fingerprint density at radius 1 is 1.28 bits per heavy atom. The highest BCUT2D eigenvalue weighted by Gasteiger charge is 2.42. The zero-order chi connectivity index (χ0) is 22.6. The van der Waals surface area contributed by atoms with E-state index in [1.165, 1.54) is 24.3 Å². The largest absolute Gasteiger partial charge is 0.482 e. The van der Waals surface area contributed by atoms with Crippen molar-refractivity contribution >= 4 is 21.7 Å². The Balaban J connectivity index is 1.48. The second kappa shape index (κ2) is 9.76. The third-order valence-corrected chi connectivity index (χ3v) is 7.69. The summed E-state index contributed by atoms with van der Waals surface area (Å²) >= 11 is 0. The number of hydrogen-bond acceptors (Lipinski definition) is 6. The minimum Gasteiger partial charge on any atom is -0.482 e. The van der Waals surface area contributed by atoms with E-state index < -0.39 is 22.1 Å². The van der Waals surface area contributed by atoms with Crippen molar-refractivity contribution in [1.82, 2.24) is 4.31 Å². The van der Waals surface area contributed by atoms with Gasteiger partial charge in [-0.25, -0.2) is 17.7 Å². The van der Waals surface area contributed by atoms with Crippen LogP contribution in [0.15, 0.2) is 69.1 Å². The lowest BCUT2D eigenvalue weighted by molar-refractivity contribution is -0.146. The summed E-state index contributed by atoms with van der Waals surface area (Å²) in [6, 6.07) is 6.30. The Labute approximate surface area is 186 Å². The van der Waals surface area contributed by atoms with E-state index in [0.717, 1.165) is 18.4 Å². The second-order valence-corrected chi connectivity index (χ2v) is 9.62. The van der Waals surface area contributed by atoms with Crippen LogP contribution >= 0.6 is 0 Å². The number of benzene rings is 1. The van der Waals surface area contributed by atoms with Gasteiger partial charge in [-0.2, -0.15) is 4.36 Å². The minimum absolute atomic E-state index is 0.0813. The number of rotatable bonds is 6. The number of halogens is 1. The van der Waals surface area contributed by atoms with Gasteiger partial charge in [0.2, 0.25) is 0 Å². The summed E-state index contributed by atoms with van der Waals surface area (Å²) in [6.07, 6.45) is 8.51. The van der Waals surface area contributed by atoms with Crippen LogP contribution in [-0.4, -0.2) is 50.8 Å². The predicted molar refractivity (Wildman–Crippen MR) is 118 cm³/mol. The van der Waals surface area contributed by atoms with Crippen molar-refractivity contribution in [2.24, 2.45) is 9.52 Å². The molecular formula is C22H24FN3O5S. The predicted octanol–water partition coefficient (Wildman–Crippen LogP) is 3.01. The molecule has 1 aromatic rings. The molecule has 3 aliphatic rings. The molecule has 0 aromatic heterocycles. The Morgan fingerprint density at radius 2 is 2.09 bits per heavy atom. The molecule has 1 N–H and O–H groups in total. The van der Waals surface area contributed by atoms with E-state index in [0.29, 0.717) is 23.6 Å². The molecule has 0 saturated carbocycles. The molecule has 0 spiro atoms. The van der Waals surface area contributed by atoms with Crippen LogP contribution in [0.4, 0.5) is 4.39 Å². The standard InChI is InChI=1S/C22H24FN3O5S/c23-17-4-3-5-19(12-9-17)32(29)25-22(20-6-1-2-13-26(20)32)24-31-21(28)15-30-18-10-7-16(14-27)8-11-18/h3-5,7-12,17,20,27H,1-2,6,13-15H2/b24-22-. The van der Waals surface area contributed by atoms with Crippen molar-refractivity contribution in [2.45, 2.75) is 38.1 Å². The number of carbonyl (C=O) groups is 1. The van der Waals surface area contributed by atoms with E-state index in [4.69, 9.17) is 14.7 Å². The number of amidine groups is 1. The van der Waals surface area contributed by atoms with Crippen LogP contribution in [0.25, 0.3) is 0 Å². The van der Waals surface area contributed by atoms with Crippen molar-refractivity contribution in [1.29, 1.82) is 0 Å². The van der Waals surface area contributed by atoms with Gasteiger partial charge in [-0.1, -0.05) is 29.8 Å². The number of carbonyl (C=O) groups excluding carboxylic acids is 1. The molecule has 1 aliphatic carbocycles. The molecule has 1 aromatic carbocycles. The van der Waals surface area contributed by atoms with Crippen LogP contribution in [-0.2, 0) is 26.2 Å². The maximum absolute atomic E-state index is 13.8.